The molecule has 7 nitrogen and oxygen atoms in total. The van der Waals surface area contributed by atoms with Crippen LogP contribution in [0.4, 0.5) is 4.79 Å². The number of nitrogens with zero attached hydrogens (tertiary/aromatic N) is 5. The number of rotatable bonds is 6. The van der Waals surface area contributed by atoms with Crippen LogP contribution in [0.2, 0.25) is 0 Å². The van der Waals surface area contributed by atoms with Gasteiger partial charge in [0.1, 0.15) is 6.54 Å². The molecule has 2 unspecified atom stereocenters. The summed E-state index contributed by atoms with van der Waals surface area (Å²) in [5.74, 6) is 2.07. The summed E-state index contributed by atoms with van der Waals surface area (Å²) < 4.78 is 2.14. The molecule has 0 aromatic rings. The summed E-state index contributed by atoms with van der Waals surface area (Å²) in [6, 6.07) is -0.747. The number of amides is 3. The van der Waals surface area contributed by atoms with Crippen molar-refractivity contribution in [3.8, 4) is 0 Å². The average Bonchev–Trinajstić information content (AvgIpc) is 2.97. The third-order valence-electron chi connectivity index (χ3n) is 5.72. The van der Waals surface area contributed by atoms with Crippen LogP contribution in [0.5, 0.6) is 0 Å². The molecule has 2 saturated heterocycles. The summed E-state index contributed by atoms with van der Waals surface area (Å²) in [6.07, 6.45) is 5.79. The first-order valence-corrected chi connectivity index (χ1v) is 9.92. The fourth-order valence-electron chi connectivity index (χ4n) is 4.20. The Morgan fingerprint density at radius 3 is 2.65 bits per heavy atom. The summed E-state index contributed by atoms with van der Waals surface area (Å²) in [7, 11) is 3.28. The lowest BCUT2D eigenvalue weighted by molar-refractivity contribution is -0.537. The van der Waals surface area contributed by atoms with Crippen LogP contribution in [0.3, 0.4) is 0 Å². The first kappa shape index (κ1) is 19.0. The molecule has 3 rings (SSSR count). The number of urea groups is 1. The molecule has 3 aliphatic rings. The van der Waals surface area contributed by atoms with Gasteiger partial charge in [0.05, 0.1) is 6.54 Å². The van der Waals surface area contributed by atoms with Gasteiger partial charge in [0, 0.05) is 20.6 Å². The van der Waals surface area contributed by atoms with Crippen LogP contribution in [-0.4, -0.2) is 89.2 Å². The fourth-order valence-corrected chi connectivity index (χ4v) is 4.20. The Morgan fingerprint density at radius 2 is 1.96 bits per heavy atom. The van der Waals surface area contributed by atoms with Crippen molar-refractivity contribution in [3.63, 3.8) is 0 Å². The molecular formula is C19H32N5O2+. The zero-order valence-electron chi connectivity index (χ0n) is 16.6. The van der Waals surface area contributed by atoms with Gasteiger partial charge < -0.3 is 0 Å². The summed E-state index contributed by atoms with van der Waals surface area (Å²) in [6.45, 7) is 8.19. The number of imide groups is 1. The molecule has 0 aliphatic carbocycles. The van der Waals surface area contributed by atoms with Gasteiger partial charge in [0.25, 0.3) is 17.8 Å². The number of fused-ring (bicyclic) bond motifs is 1. The SMILES string of the molecule is CCCCC[N+]1=C(CN2CCCC(C)C2)N=C2C1C(=O)N(C)C(=O)N2C. The first-order chi connectivity index (χ1) is 12.4. The zero-order chi connectivity index (χ0) is 18.8. The van der Waals surface area contributed by atoms with Crippen molar-refractivity contribution in [2.45, 2.75) is 52.0 Å². The molecule has 0 radical (unpaired) electrons. The van der Waals surface area contributed by atoms with E-state index in [4.69, 9.17) is 4.99 Å². The maximum atomic E-state index is 12.8. The number of hydrogen-bond donors (Lipinski definition) is 0. The molecule has 2 fully saturated rings. The maximum Gasteiger partial charge on any atom is 0.333 e. The lowest BCUT2D eigenvalue weighted by Gasteiger charge is -2.31. The van der Waals surface area contributed by atoms with Crippen molar-refractivity contribution < 1.29 is 14.2 Å². The lowest BCUT2D eigenvalue weighted by atomic mass is 10.0. The van der Waals surface area contributed by atoms with E-state index in [1.165, 1.54) is 22.6 Å². The highest BCUT2D eigenvalue weighted by Crippen LogP contribution is 2.21. The topological polar surface area (TPSA) is 59.2 Å². The Hall–Kier alpha value is -1.76. The van der Waals surface area contributed by atoms with E-state index in [9.17, 15) is 9.59 Å². The fraction of sp³-hybridized carbons (Fsp3) is 0.789. The largest absolute Gasteiger partial charge is 0.333 e. The second-order valence-electron chi connectivity index (χ2n) is 7.91. The van der Waals surface area contributed by atoms with Gasteiger partial charge in [-0.1, -0.05) is 20.3 Å². The molecule has 0 saturated carbocycles. The third kappa shape index (κ3) is 3.54. The Kier molecular flexibility index (Phi) is 5.75. The molecule has 7 heteroatoms. The van der Waals surface area contributed by atoms with E-state index in [1.54, 1.807) is 14.1 Å². The molecule has 26 heavy (non-hydrogen) atoms. The normalized spacial score (nSPS) is 27.3. The number of likely N-dealkylation sites (N-methyl/N-ethyl adjacent to an activating group) is 2. The van der Waals surface area contributed by atoms with Gasteiger partial charge in [-0.25, -0.2) is 9.37 Å². The van der Waals surface area contributed by atoms with E-state index >= 15 is 0 Å². The Balaban J connectivity index is 1.87. The Morgan fingerprint density at radius 1 is 1.19 bits per heavy atom. The van der Waals surface area contributed by atoms with Crippen LogP contribution in [0, 0.1) is 5.92 Å². The van der Waals surface area contributed by atoms with Crippen molar-refractivity contribution in [1.82, 2.24) is 14.7 Å². The van der Waals surface area contributed by atoms with Gasteiger partial charge >= 0.3 is 11.9 Å². The van der Waals surface area contributed by atoms with Crippen LogP contribution in [0.1, 0.15) is 46.0 Å². The van der Waals surface area contributed by atoms with Crippen molar-refractivity contribution in [2.24, 2.45) is 10.9 Å². The molecule has 3 amide bonds. The quantitative estimate of drug-likeness (QED) is 0.533. The second kappa shape index (κ2) is 7.86. The van der Waals surface area contributed by atoms with Gasteiger partial charge in [0.2, 0.25) is 0 Å². The molecule has 0 spiro atoms. The summed E-state index contributed by atoms with van der Waals surface area (Å²) in [5, 5.41) is 0. The van der Waals surface area contributed by atoms with E-state index in [2.05, 4.69) is 23.3 Å². The maximum absolute atomic E-state index is 12.8. The zero-order valence-corrected chi connectivity index (χ0v) is 16.6. The van der Waals surface area contributed by atoms with Gasteiger partial charge in [-0.3, -0.25) is 19.5 Å². The average molecular weight is 362 g/mol. The minimum Gasteiger partial charge on any atom is -0.292 e. The molecule has 0 N–H and O–H groups in total. The summed E-state index contributed by atoms with van der Waals surface area (Å²) >= 11 is 0. The number of amidine groups is 2. The summed E-state index contributed by atoms with van der Waals surface area (Å²) in [4.78, 5) is 35.1. The van der Waals surface area contributed by atoms with Crippen molar-refractivity contribution >= 4 is 23.6 Å². The van der Waals surface area contributed by atoms with Gasteiger partial charge in [-0.15, -0.1) is 0 Å². The molecule has 0 bridgehead atoms. The summed E-state index contributed by atoms with van der Waals surface area (Å²) in [5.41, 5.74) is 0. The molecule has 0 aromatic carbocycles. The molecule has 3 heterocycles. The number of likely N-dealkylation sites (tertiary alicyclic amines) is 1. The number of piperidine rings is 1. The van der Waals surface area contributed by atoms with Crippen molar-refractivity contribution in [2.75, 3.05) is 40.3 Å². The van der Waals surface area contributed by atoms with Crippen molar-refractivity contribution in [1.29, 1.82) is 0 Å². The minimum atomic E-state index is -0.447. The van der Waals surface area contributed by atoms with Gasteiger partial charge in [-0.05, 0) is 43.1 Å². The smallest absolute Gasteiger partial charge is 0.292 e. The first-order valence-electron chi connectivity index (χ1n) is 9.92. The minimum absolute atomic E-state index is 0.162. The van der Waals surface area contributed by atoms with Gasteiger partial charge in [0.15, 0.2) is 0 Å². The van der Waals surface area contributed by atoms with E-state index in [-0.39, 0.29) is 11.9 Å². The van der Waals surface area contributed by atoms with Crippen LogP contribution >= 0.6 is 0 Å². The van der Waals surface area contributed by atoms with E-state index in [0.29, 0.717) is 11.8 Å². The predicted molar refractivity (Wildman–Crippen MR) is 102 cm³/mol. The second-order valence-corrected chi connectivity index (χ2v) is 7.91. The molecule has 2 atom stereocenters. The highest BCUT2D eigenvalue weighted by Gasteiger charge is 2.52. The molecular weight excluding hydrogens is 330 g/mol. The standard InChI is InChI=1S/C19H32N5O2/c1-5-6-7-11-24-15(13-23-10-8-9-14(2)12-23)20-17-16(24)18(25)22(4)19(26)21(17)3/h14,16H,5-13H2,1-4H3/q+1. The number of carbonyl (C=O) groups excluding carboxylic acids is 2. The highest BCUT2D eigenvalue weighted by molar-refractivity contribution is 6.23. The van der Waals surface area contributed by atoms with Crippen LogP contribution in [0.25, 0.3) is 0 Å². The van der Waals surface area contributed by atoms with E-state index in [1.807, 2.05) is 0 Å². The number of carbonyl (C=O) groups is 2. The van der Waals surface area contributed by atoms with Crippen LogP contribution < -0.4 is 0 Å². The number of hydrogen-bond acceptors (Lipinski definition) is 4. The molecule has 3 aliphatic heterocycles. The number of unbranched alkanes of at least 4 members (excludes halogenated alkanes) is 2. The Bertz CT molecular complexity index is 642. The molecule has 0 aromatic heterocycles. The molecule has 144 valence electrons. The van der Waals surface area contributed by atoms with Crippen LogP contribution in [-0.2, 0) is 4.79 Å². The van der Waals surface area contributed by atoms with Crippen molar-refractivity contribution in [3.05, 3.63) is 0 Å². The monoisotopic (exact) mass is 362 g/mol. The van der Waals surface area contributed by atoms with Crippen LogP contribution in [0.15, 0.2) is 4.99 Å². The Labute approximate surface area is 156 Å². The predicted octanol–water partition coefficient (Wildman–Crippen LogP) is 1.62. The van der Waals surface area contributed by atoms with Gasteiger partial charge in [-0.2, -0.15) is 0 Å². The lowest BCUT2D eigenvalue weighted by Crippen LogP contribution is -2.61. The van der Waals surface area contributed by atoms with E-state index in [0.717, 1.165) is 51.3 Å². The highest BCUT2D eigenvalue weighted by atomic mass is 16.2. The third-order valence-corrected chi connectivity index (χ3v) is 5.72. The van der Waals surface area contributed by atoms with E-state index < -0.39 is 6.04 Å². The number of aliphatic imine (C=N–C) groups is 1.